The molecule has 0 aromatic heterocycles. The van der Waals surface area contributed by atoms with Crippen LogP contribution in [0, 0.1) is 11.3 Å². The Hall–Kier alpha value is -1.90. The Balaban J connectivity index is 2.53. The summed E-state index contributed by atoms with van der Waals surface area (Å²) in [7, 11) is 1.60. The van der Waals surface area contributed by atoms with Crippen molar-refractivity contribution in [2.24, 2.45) is 11.3 Å². The van der Waals surface area contributed by atoms with Gasteiger partial charge in [-0.1, -0.05) is 41.0 Å². The van der Waals surface area contributed by atoms with Crippen LogP contribution >= 0.6 is 11.8 Å². The third kappa shape index (κ3) is 10.2. The van der Waals surface area contributed by atoms with Crippen LogP contribution in [0.5, 0.6) is 0 Å². The van der Waals surface area contributed by atoms with Crippen LogP contribution in [0.25, 0.3) is 0 Å². The fourth-order valence-electron chi connectivity index (χ4n) is 3.91. The Morgan fingerprint density at radius 3 is 2.25 bits per heavy atom. The molecule has 1 aliphatic heterocycles. The molecule has 0 spiro atoms. The zero-order chi connectivity index (χ0) is 27.6. The number of rotatable bonds is 15. The summed E-state index contributed by atoms with van der Waals surface area (Å²) in [5.74, 6) is 0.496. The Bertz CT molecular complexity index is 791. The lowest BCUT2D eigenvalue weighted by Crippen LogP contribution is -2.49. The van der Waals surface area contributed by atoms with Gasteiger partial charge in [-0.25, -0.2) is 0 Å². The molecule has 206 valence electrons. The number of amides is 4. The fraction of sp³-hybridized carbons (Fsp3) is 0.815. The van der Waals surface area contributed by atoms with Crippen LogP contribution in [-0.4, -0.2) is 75.9 Å². The van der Waals surface area contributed by atoms with E-state index in [0.29, 0.717) is 25.3 Å². The lowest BCUT2D eigenvalue weighted by atomic mass is 9.86. The number of imide groups is 1. The number of nitrogens with one attached hydrogen (secondary N) is 1. The molecule has 4 amide bonds. The Kier molecular flexibility index (Phi) is 13.2. The predicted molar refractivity (Wildman–Crippen MR) is 144 cm³/mol. The molecular formula is C27H47N3O5S. The molecule has 0 aromatic rings. The van der Waals surface area contributed by atoms with Gasteiger partial charge in [0, 0.05) is 44.3 Å². The Morgan fingerprint density at radius 2 is 1.72 bits per heavy atom. The molecule has 0 aliphatic carbocycles. The first-order valence-corrected chi connectivity index (χ1v) is 14.3. The minimum absolute atomic E-state index is 0.00256. The van der Waals surface area contributed by atoms with E-state index in [0.717, 1.165) is 25.0 Å². The molecule has 0 radical (unpaired) electrons. The monoisotopic (exact) mass is 525 g/mol. The van der Waals surface area contributed by atoms with E-state index in [9.17, 15) is 24.0 Å². The number of Topliss-reactive ketones (excluding diaryl/α,β-unsaturated/α-hetero) is 1. The minimum Gasteiger partial charge on any atom is -0.354 e. The smallest absolute Gasteiger partial charge is 0.243 e. The third-order valence-corrected chi connectivity index (χ3v) is 7.71. The number of likely N-dealkylation sites (tertiary alicyclic amines) is 1. The molecule has 0 saturated carbocycles. The summed E-state index contributed by atoms with van der Waals surface area (Å²) in [5, 5.41) is 2.59. The average Bonchev–Trinajstić information content (AvgIpc) is 3.05. The number of nitrogens with zero attached hydrogens (tertiary/aromatic N) is 2. The van der Waals surface area contributed by atoms with E-state index in [1.165, 1.54) is 21.6 Å². The molecule has 1 N–H and O–H groups in total. The molecule has 0 aromatic carbocycles. The van der Waals surface area contributed by atoms with Gasteiger partial charge in [-0.05, 0) is 44.8 Å². The van der Waals surface area contributed by atoms with Crippen LogP contribution in [0.3, 0.4) is 0 Å². The summed E-state index contributed by atoms with van der Waals surface area (Å²) in [6.07, 6.45) is 3.69. The van der Waals surface area contributed by atoms with Gasteiger partial charge in [0.2, 0.25) is 23.6 Å². The van der Waals surface area contributed by atoms with Gasteiger partial charge in [0.15, 0.2) is 0 Å². The van der Waals surface area contributed by atoms with Crippen molar-refractivity contribution in [2.75, 3.05) is 19.3 Å². The van der Waals surface area contributed by atoms with Gasteiger partial charge in [-0.15, -0.1) is 11.8 Å². The highest BCUT2D eigenvalue weighted by molar-refractivity contribution is 8.00. The molecule has 2 atom stereocenters. The molecule has 1 fully saturated rings. The maximum absolute atomic E-state index is 12.9. The zero-order valence-corrected chi connectivity index (χ0v) is 24.3. The Labute approximate surface area is 221 Å². The van der Waals surface area contributed by atoms with Crippen LogP contribution in [0.15, 0.2) is 0 Å². The number of thioether (sulfide) groups is 1. The van der Waals surface area contributed by atoms with Gasteiger partial charge in [-0.3, -0.25) is 28.9 Å². The van der Waals surface area contributed by atoms with Gasteiger partial charge >= 0.3 is 0 Å². The van der Waals surface area contributed by atoms with Crippen LogP contribution in [0.4, 0.5) is 0 Å². The van der Waals surface area contributed by atoms with E-state index >= 15 is 0 Å². The number of likely N-dealkylation sites (N-methyl/N-ethyl adjacent to an activating group) is 1. The number of unbranched alkanes of at least 4 members (excludes halogenated alkanes) is 2. The van der Waals surface area contributed by atoms with Gasteiger partial charge < -0.3 is 10.2 Å². The van der Waals surface area contributed by atoms with Gasteiger partial charge in [0.1, 0.15) is 11.8 Å². The average molecular weight is 526 g/mol. The van der Waals surface area contributed by atoms with E-state index in [-0.39, 0.29) is 53.5 Å². The van der Waals surface area contributed by atoms with Crippen molar-refractivity contribution in [3.63, 3.8) is 0 Å². The maximum Gasteiger partial charge on any atom is 0.243 e. The first kappa shape index (κ1) is 32.1. The van der Waals surface area contributed by atoms with Crippen molar-refractivity contribution in [3.8, 4) is 0 Å². The van der Waals surface area contributed by atoms with Crippen LogP contribution in [-0.2, 0) is 24.0 Å². The van der Waals surface area contributed by atoms with E-state index in [2.05, 4.69) is 19.2 Å². The molecule has 36 heavy (non-hydrogen) atoms. The second-order valence-electron chi connectivity index (χ2n) is 11.4. The number of hydrogen-bond donors (Lipinski definition) is 1. The van der Waals surface area contributed by atoms with Crippen molar-refractivity contribution in [2.45, 2.75) is 111 Å². The van der Waals surface area contributed by atoms with E-state index < -0.39 is 11.5 Å². The lowest BCUT2D eigenvalue weighted by molar-refractivity contribution is -0.142. The summed E-state index contributed by atoms with van der Waals surface area (Å²) < 4.78 is 0. The molecule has 8 nitrogen and oxygen atoms in total. The molecule has 1 heterocycles. The largest absolute Gasteiger partial charge is 0.354 e. The van der Waals surface area contributed by atoms with Crippen molar-refractivity contribution in [1.82, 2.24) is 15.1 Å². The summed E-state index contributed by atoms with van der Waals surface area (Å²) >= 11 is 1.51. The molecule has 9 heteroatoms. The van der Waals surface area contributed by atoms with Crippen molar-refractivity contribution in [3.05, 3.63) is 0 Å². The number of hydrogen-bond acceptors (Lipinski definition) is 6. The molecule has 1 rings (SSSR count). The van der Waals surface area contributed by atoms with E-state index in [1.54, 1.807) is 7.05 Å². The quantitative estimate of drug-likeness (QED) is 0.258. The molecule has 1 saturated heterocycles. The minimum atomic E-state index is -0.818. The SMILES string of the molecule is CC(C)CCNC(=O)C(CC(=O)C(C)(C)C)N(C)C(=O)CCCCCSC1CC(=O)N(C(C)C)C1=O. The summed E-state index contributed by atoms with van der Waals surface area (Å²) in [5.41, 5.74) is -0.588. The number of carbonyl (C=O) groups excluding carboxylic acids is 5. The van der Waals surface area contributed by atoms with Crippen LogP contribution < -0.4 is 5.32 Å². The molecule has 1 aliphatic rings. The third-order valence-electron chi connectivity index (χ3n) is 6.41. The zero-order valence-electron chi connectivity index (χ0n) is 23.5. The van der Waals surface area contributed by atoms with E-state index in [4.69, 9.17) is 0 Å². The predicted octanol–water partition coefficient (Wildman–Crippen LogP) is 3.81. The van der Waals surface area contributed by atoms with Crippen LogP contribution in [0.2, 0.25) is 0 Å². The van der Waals surface area contributed by atoms with Gasteiger partial charge in [0.25, 0.3) is 0 Å². The standard InChI is InChI=1S/C27H47N3O5S/c1-18(2)13-14-28-25(34)20(16-22(31)27(5,6)7)29(8)23(32)12-10-9-11-15-36-21-17-24(33)30(19(3)4)26(21)35/h18-21H,9-17H2,1-8H3,(H,28,34). The fourth-order valence-corrected chi connectivity index (χ4v) is 5.09. The number of carbonyl (C=O) groups is 5. The highest BCUT2D eigenvalue weighted by atomic mass is 32.2. The maximum atomic E-state index is 12.9. The lowest BCUT2D eigenvalue weighted by Gasteiger charge is -2.29. The van der Waals surface area contributed by atoms with Crippen molar-refractivity contribution >= 4 is 41.2 Å². The van der Waals surface area contributed by atoms with Crippen LogP contribution in [0.1, 0.15) is 93.4 Å². The molecule has 0 bridgehead atoms. The van der Waals surface area contributed by atoms with E-state index in [1.807, 2.05) is 34.6 Å². The first-order chi connectivity index (χ1) is 16.7. The van der Waals surface area contributed by atoms with Crippen molar-refractivity contribution in [1.29, 1.82) is 0 Å². The second-order valence-corrected chi connectivity index (χ2v) is 12.8. The highest BCUT2D eigenvalue weighted by Gasteiger charge is 2.40. The Morgan fingerprint density at radius 1 is 1.08 bits per heavy atom. The topological polar surface area (TPSA) is 104 Å². The second kappa shape index (κ2) is 14.7. The summed E-state index contributed by atoms with van der Waals surface area (Å²) in [6, 6.07) is -0.930. The first-order valence-electron chi connectivity index (χ1n) is 13.2. The summed E-state index contributed by atoms with van der Waals surface area (Å²) in [6.45, 7) is 13.8. The molecular weight excluding hydrogens is 478 g/mol. The van der Waals surface area contributed by atoms with Gasteiger partial charge in [-0.2, -0.15) is 0 Å². The van der Waals surface area contributed by atoms with Crippen molar-refractivity contribution < 1.29 is 24.0 Å². The summed E-state index contributed by atoms with van der Waals surface area (Å²) in [4.78, 5) is 65.6. The number of ketones is 1. The normalized spacial score (nSPS) is 17.2. The highest BCUT2D eigenvalue weighted by Crippen LogP contribution is 2.27. The van der Waals surface area contributed by atoms with Gasteiger partial charge in [0.05, 0.1) is 5.25 Å². The molecule has 2 unspecified atom stereocenters.